The number of nitrogens with zero attached hydrogens (tertiary/aromatic N) is 1. The van der Waals surface area contributed by atoms with Crippen molar-refractivity contribution < 1.29 is 24.5 Å². The van der Waals surface area contributed by atoms with Crippen molar-refractivity contribution in [1.82, 2.24) is 4.90 Å². The topological polar surface area (TPSA) is 99.1 Å². The van der Waals surface area contributed by atoms with Crippen LogP contribution in [0.25, 0.3) is 0 Å². The van der Waals surface area contributed by atoms with E-state index in [1.165, 1.54) is 5.56 Å². The van der Waals surface area contributed by atoms with Gasteiger partial charge in [-0.25, -0.2) is 0 Å². The second-order valence-corrected chi connectivity index (χ2v) is 7.96. The molecule has 0 unspecified atom stereocenters. The van der Waals surface area contributed by atoms with Crippen LogP contribution in [0.2, 0.25) is 0 Å². The first-order chi connectivity index (χ1) is 14.3. The maximum absolute atomic E-state index is 12.4. The Morgan fingerprint density at radius 3 is 2.37 bits per heavy atom. The molecule has 0 spiro atoms. The van der Waals surface area contributed by atoms with Crippen molar-refractivity contribution in [2.45, 2.75) is 38.4 Å². The minimum absolute atomic E-state index is 0.0462. The number of carbonyl (C=O) groups excluding carboxylic acids is 1. The molecule has 2 aromatic carbocycles. The number of hydrogen-bond acceptors (Lipinski definition) is 5. The van der Waals surface area contributed by atoms with Gasteiger partial charge in [-0.2, -0.15) is 0 Å². The van der Waals surface area contributed by atoms with E-state index < -0.39 is 18.2 Å². The molecule has 0 bridgehead atoms. The van der Waals surface area contributed by atoms with Gasteiger partial charge in [-0.3, -0.25) is 14.5 Å². The minimum atomic E-state index is -0.889. The molecule has 7 nitrogen and oxygen atoms in total. The van der Waals surface area contributed by atoms with Gasteiger partial charge in [0.05, 0.1) is 13.0 Å². The summed E-state index contributed by atoms with van der Waals surface area (Å²) < 4.78 is 5.84. The van der Waals surface area contributed by atoms with Crippen LogP contribution in [-0.2, 0) is 16.0 Å². The zero-order chi connectivity index (χ0) is 21.7. The Kier molecular flexibility index (Phi) is 7.07. The van der Waals surface area contributed by atoms with E-state index in [9.17, 15) is 14.7 Å². The second kappa shape index (κ2) is 9.73. The van der Waals surface area contributed by atoms with Crippen molar-refractivity contribution >= 4 is 17.6 Å². The van der Waals surface area contributed by atoms with Crippen molar-refractivity contribution in [1.29, 1.82) is 0 Å². The highest BCUT2D eigenvalue weighted by atomic mass is 16.5. The van der Waals surface area contributed by atoms with E-state index >= 15 is 0 Å². The lowest BCUT2D eigenvalue weighted by Gasteiger charge is -2.17. The molecule has 1 heterocycles. The summed E-state index contributed by atoms with van der Waals surface area (Å²) in [6.45, 7) is 5.18. The highest BCUT2D eigenvalue weighted by Crippen LogP contribution is 2.20. The van der Waals surface area contributed by atoms with Gasteiger partial charge in [-0.15, -0.1) is 0 Å². The number of aliphatic hydroxyl groups is 1. The third-order valence-corrected chi connectivity index (χ3v) is 5.11. The van der Waals surface area contributed by atoms with Gasteiger partial charge in [0.15, 0.2) is 0 Å². The molecule has 0 radical (unpaired) electrons. The Hall–Kier alpha value is -2.90. The SMILES string of the molecule is CC(C)c1ccc(NC(=O)CN2C[C@@H](O)[C@H](Oc3ccc(CC(=O)O)cc3)C2)cc1. The van der Waals surface area contributed by atoms with E-state index in [1.807, 2.05) is 29.2 Å². The van der Waals surface area contributed by atoms with Crippen molar-refractivity contribution in [3.63, 3.8) is 0 Å². The zero-order valence-corrected chi connectivity index (χ0v) is 17.2. The van der Waals surface area contributed by atoms with E-state index in [0.29, 0.717) is 30.3 Å². The summed E-state index contributed by atoms with van der Waals surface area (Å²) in [4.78, 5) is 25.0. The van der Waals surface area contributed by atoms with Crippen LogP contribution < -0.4 is 10.1 Å². The highest BCUT2D eigenvalue weighted by molar-refractivity contribution is 5.92. The molecule has 7 heteroatoms. The number of amides is 1. The first kappa shape index (κ1) is 21.8. The molecule has 1 fully saturated rings. The lowest BCUT2D eigenvalue weighted by Crippen LogP contribution is -2.33. The van der Waals surface area contributed by atoms with E-state index in [1.54, 1.807) is 24.3 Å². The zero-order valence-electron chi connectivity index (χ0n) is 17.2. The van der Waals surface area contributed by atoms with Gasteiger partial charge in [0.25, 0.3) is 0 Å². The van der Waals surface area contributed by atoms with E-state index in [-0.39, 0.29) is 18.9 Å². The molecule has 0 aromatic heterocycles. The van der Waals surface area contributed by atoms with E-state index in [2.05, 4.69) is 19.2 Å². The Labute approximate surface area is 176 Å². The number of carboxylic acid groups (broad SMARTS) is 1. The molecule has 2 aromatic rings. The standard InChI is InChI=1S/C23H28N2O5/c1-15(2)17-5-7-18(8-6-17)24-22(27)14-25-12-20(26)21(13-25)30-19-9-3-16(4-10-19)11-23(28)29/h3-10,15,20-21,26H,11-14H2,1-2H3,(H,24,27)(H,28,29)/t20-,21-/m1/s1. The van der Waals surface area contributed by atoms with Crippen LogP contribution in [0.1, 0.15) is 30.9 Å². The number of ether oxygens (including phenoxy) is 1. The third kappa shape index (κ3) is 6.05. The van der Waals surface area contributed by atoms with Crippen LogP contribution in [0.5, 0.6) is 5.75 Å². The van der Waals surface area contributed by atoms with Crippen LogP contribution in [0.4, 0.5) is 5.69 Å². The molecule has 1 amide bonds. The molecule has 3 rings (SSSR count). The number of likely N-dealkylation sites (tertiary alicyclic amines) is 1. The average molecular weight is 412 g/mol. The maximum atomic E-state index is 12.4. The Balaban J connectivity index is 1.49. The van der Waals surface area contributed by atoms with Crippen LogP contribution in [0.3, 0.4) is 0 Å². The molecule has 2 atom stereocenters. The second-order valence-electron chi connectivity index (χ2n) is 7.96. The smallest absolute Gasteiger partial charge is 0.307 e. The van der Waals surface area contributed by atoms with Crippen LogP contribution in [0, 0.1) is 0 Å². The number of β-amino-alcohol motifs (C(OH)–C–C–N with tert-alkyl or cyclic N) is 1. The number of carboxylic acids is 1. The monoisotopic (exact) mass is 412 g/mol. The molecule has 3 N–H and O–H groups in total. The lowest BCUT2D eigenvalue weighted by molar-refractivity contribution is -0.136. The van der Waals surface area contributed by atoms with Crippen molar-refractivity contribution in [3.8, 4) is 5.75 Å². The van der Waals surface area contributed by atoms with E-state index in [0.717, 1.165) is 5.69 Å². The van der Waals surface area contributed by atoms with Gasteiger partial charge in [0.2, 0.25) is 5.91 Å². The summed E-state index contributed by atoms with van der Waals surface area (Å²) in [7, 11) is 0. The summed E-state index contributed by atoms with van der Waals surface area (Å²) in [5.74, 6) is -0.0336. The quantitative estimate of drug-likeness (QED) is 0.616. The summed E-state index contributed by atoms with van der Waals surface area (Å²) >= 11 is 0. The normalized spacial score (nSPS) is 19.1. The lowest BCUT2D eigenvalue weighted by atomic mass is 10.0. The fourth-order valence-corrected chi connectivity index (χ4v) is 3.47. The number of carbonyl (C=O) groups is 2. The van der Waals surface area contributed by atoms with Gasteiger partial charge in [0.1, 0.15) is 18.0 Å². The third-order valence-electron chi connectivity index (χ3n) is 5.11. The first-order valence-electron chi connectivity index (χ1n) is 10.1. The minimum Gasteiger partial charge on any atom is -0.486 e. The summed E-state index contributed by atoms with van der Waals surface area (Å²) in [5.41, 5.74) is 2.64. The predicted molar refractivity (Wildman–Crippen MR) is 114 cm³/mol. The number of benzene rings is 2. The van der Waals surface area contributed by atoms with Gasteiger partial charge >= 0.3 is 5.97 Å². The molecular formula is C23H28N2O5. The fourth-order valence-electron chi connectivity index (χ4n) is 3.47. The van der Waals surface area contributed by atoms with Gasteiger partial charge in [-0.05, 0) is 41.3 Å². The molecule has 1 aliphatic heterocycles. The number of aliphatic hydroxyl groups excluding tert-OH is 1. The maximum Gasteiger partial charge on any atom is 0.307 e. The van der Waals surface area contributed by atoms with Gasteiger partial charge < -0.3 is 20.3 Å². The molecule has 1 saturated heterocycles. The van der Waals surface area contributed by atoms with Crippen LogP contribution in [-0.4, -0.2) is 58.8 Å². The molecule has 0 saturated carbocycles. The van der Waals surface area contributed by atoms with Gasteiger partial charge in [-0.1, -0.05) is 38.1 Å². The number of aliphatic carboxylic acids is 1. The van der Waals surface area contributed by atoms with Crippen LogP contribution >= 0.6 is 0 Å². The van der Waals surface area contributed by atoms with E-state index in [4.69, 9.17) is 9.84 Å². The number of anilines is 1. The van der Waals surface area contributed by atoms with Gasteiger partial charge in [0, 0.05) is 18.8 Å². The largest absolute Gasteiger partial charge is 0.486 e. The predicted octanol–water partition coefficient (Wildman–Crippen LogP) is 2.50. The average Bonchev–Trinajstić information content (AvgIpc) is 3.02. The fraction of sp³-hybridized carbons (Fsp3) is 0.391. The summed E-state index contributed by atoms with van der Waals surface area (Å²) in [6.07, 6.45) is -1.20. The van der Waals surface area contributed by atoms with Crippen molar-refractivity contribution in [3.05, 3.63) is 59.7 Å². The Morgan fingerprint density at radius 2 is 1.77 bits per heavy atom. The number of nitrogens with one attached hydrogen (secondary N) is 1. The molecule has 30 heavy (non-hydrogen) atoms. The number of hydrogen-bond donors (Lipinski definition) is 3. The molecule has 0 aliphatic carbocycles. The first-order valence-corrected chi connectivity index (χ1v) is 10.1. The number of rotatable bonds is 8. The molecule has 160 valence electrons. The van der Waals surface area contributed by atoms with Crippen LogP contribution in [0.15, 0.2) is 48.5 Å². The van der Waals surface area contributed by atoms with Crippen molar-refractivity contribution in [2.75, 3.05) is 25.0 Å². The summed E-state index contributed by atoms with van der Waals surface area (Å²) in [6, 6.07) is 14.6. The highest BCUT2D eigenvalue weighted by Gasteiger charge is 2.33. The van der Waals surface area contributed by atoms with Crippen molar-refractivity contribution in [2.24, 2.45) is 0 Å². The Bertz CT molecular complexity index is 864. The summed E-state index contributed by atoms with van der Waals surface area (Å²) in [5, 5.41) is 22.0. The molecular weight excluding hydrogens is 384 g/mol. The Morgan fingerprint density at radius 1 is 1.10 bits per heavy atom. The molecule has 1 aliphatic rings.